The predicted molar refractivity (Wildman–Crippen MR) is 275 cm³/mol. The van der Waals surface area contributed by atoms with Crippen molar-refractivity contribution in [2.24, 2.45) is 23.7 Å². The first-order valence-corrected chi connectivity index (χ1v) is 24.8. The number of carbonyl (C=O) groups is 7. The topological polar surface area (TPSA) is 236 Å². The van der Waals surface area contributed by atoms with E-state index in [9.17, 15) is 34.2 Å². The highest BCUT2D eigenvalue weighted by atomic mass is 16.5. The first-order chi connectivity index (χ1) is 34.0. The van der Waals surface area contributed by atoms with E-state index in [0.29, 0.717) is 16.7 Å². The van der Waals surface area contributed by atoms with Crippen LogP contribution in [0.15, 0.2) is 72.3 Å². The maximum atomic E-state index is 15.2. The average molecular weight is 996 g/mol. The van der Waals surface area contributed by atoms with Gasteiger partial charge in [-0.15, -0.1) is 12.3 Å². The molecule has 7 N–H and O–H groups in total. The zero-order valence-corrected chi connectivity index (χ0v) is 43.9. The molecule has 2 aromatic rings. The Morgan fingerprint density at radius 3 is 1.82 bits per heavy atom. The van der Waals surface area contributed by atoms with E-state index < -0.39 is 114 Å². The number of aliphatic hydroxyl groups is 2. The lowest BCUT2D eigenvalue weighted by Gasteiger charge is -2.36. The predicted octanol–water partition coefficient (Wildman–Crippen LogP) is 3.37. The van der Waals surface area contributed by atoms with E-state index in [4.69, 9.17) is 11.2 Å². The molecule has 392 valence electrons. The summed E-state index contributed by atoms with van der Waals surface area (Å²) < 4.78 is 5.86. The lowest BCUT2D eigenvalue weighted by molar-refractivity contribution is -0.145. The molecule has 7 amide bonds. The maximum absolute atomic E-state index is 15.2. The molecule has 72 heavy (non-hydrogen) atoms. The summed E-state index contributed by atoms with van der Waals surface area (Å²) in [5, 5.41) is 36.7. The van der Waals surface area contributed by atoms with Gasteiger partial charge in [-0.1, -0.05) is 114 Å². The summed E-state index contributed by atoms with van der Waals surface area (Å²) in [4.78, 5) is 106. The number of aliphatic hydroxyl groups excluding tert-OH is 2. The van der Waals surface area contributed by atoms with Crippen LogP contribution in [0.1, 0.15) is 110 Å². The molecule has 12 atom stereocenters. The molecule has 0 bridgehead atoms. The second-order valence-corrected chi connectivity index (χ2v) is 20.3. The van der Waals surface area contributed by atoms with Crippen molar-refractivity contribution in [2.45, 2.75) is 142 Å². The number of benzene rings is 2. The molecule has 0 saturated carbocycles. The molecule has 1 aliphatic heterocycles. The van der Waals surface area contributed by atoms with Crippen LogP contribution in [-0.2, 0) is 38.3 Å². The number of methoxy groups -OCH3 is 1. The highest BCUT2D eigenvalue weighted by molar-refractivity contribution is 6.00. The van der Waals surface area contributed by atoms with Gasteiger partial charge in [0.15, 0.2) is 0 Å². The summed E-state index contributed by atoms with van der Waals surface area (Å²) in [6, 6.07) is 6.07. The Hall–Kier alpha value is -6.35. The number of nitrogens with one attached hydrogen (secondary N) is 5. The van der Waals surface area contributed by atoms with Gasteiger partial charge in [0.05, 0.1) is 0 Å². The van der Waals surface area contributed by atoms with Crippen LogP contribution in [0.2, 0.25) is 0 Å². The van der Waals surface area contributed by atoms with Crippen molar-refractivity contribution in [3.8, 4) is 12.3 Å². The Morgan fingerprint density at radius 1 is 0.722 bits per heavy atom. The summed E-state index contributed by atoms with van der Waals surface area (Å²) in [5.41, 5.74) is 3.03. The second kappa shape index (κ2) is 26.4. The number of nitrogens with zero attached hydrogens (tertiary/aromatic N) is 2. The fourth-order valence-corrected chi connectivity index (χ4v) is 9.37. The molecule has 4 rings (SSSR count). The molecule has 0 aromatic heterocycles. The third-order valence-corrected chi connectivity index (χ3v) is 13.4. The molecule has 2 aliphatic rings. The molecular weight excluding hydrogens is 919 g/mol. The van der Waals surface area contributed by atoms with E-state index >= 15 is 9.59 Å². The van der Waals surface area contributed by atoms with Gasteiger partial charge in [0.25, 0.3) is 0 Å². The Balaban J connectivity index is 1.99. The van der Waals surface area contributed by atoms with Crippen LogP contribution in [0, 0.1) is 36.0 Å². The number of likely N-dealkylation sites (N-methyl/N-ethyl adjacent to an activating group) is 2. The summed E-state index contributed by atoms with van der Waals surface area (Å²) >= 11 is 0. The van der Waals surface area contributed by atoms with Gasteiger partial charge in [-0.25, -0.2) is 0 Å². The molecule has 1 saturated heterocycles. The Labute approximate surface area is 425 Å². The van der Waals surface area contributed by atoms with Gasteiger partial charge in [0, 0.05) is 46.1 Å². The van der Waals surface area contributed by atoms with Crippen molar-refractivity contribution in [3.63, 3.8) is 0 Å². The van der Waals surface area contributed by atoms with Gasteiger partial charge in [-0.05, 0) is 73.6 Å². The molecule has 17 heteroatoms. The zero-order valence-electron chi connectivity index (χ0n) is 43.9. The molecule has 0 radical (unpaired) electrons. The smallest absolute Gasteiger partial charge is 0.248 e. The summed E-state index contributed by atoms with van der Waals surface area (Å²) in [6.07, 6.45) is 6.74. The molecule has 17 nitrogen and oxygen atoms in total. The van der Waals surface area contributed by atoms with Gasteiger partial charge >= 0.3 is 0 Å². The molecular formula is C55H77N7O10. The lowest BCUT2D eigenvalue weighted by Crippen LogP contribution is -2.63. The minimum atomic E-state index is -1.79. The third kappa shape index (κ3) is 14.4. The van der Waals surface area contributed by atoms with E-state index in [0.717, 1.165) is 16.0 Å². The molecule has 0 spiro atoms. The molecule has 12 unspecified atom stereocenters. The number of amides is 7. The van der Waals surface area contributed by atoms with E-state index in [1.54, 1.807) is 82.3 Å². The van der Waals surface area contributed by atoms with Crippen LogP contribution in [-0.4, -0.2) is 138 Å². The fourth-order valence-electron chi connectivity index (χ4n) is 9.37. The highest BCUT2D eigenvalue weighted by Crippen LogP contribution is 2.40. The normalized spacial score (nSPS) is 25.9. The monoisotopic (exact) mass is 996 g/mol. The van der Waals surface area contributed by atoms with Crippen LogP contribution < -0.4 is 26.6 Å². The Kier molecular flexibility index (Phi) is 21.3. The van der Waals surface area contributed by atoms with Gasteiger partial charge in [-0.3, -0.25) is 33.6 Å². The van der Waals surface area contributed by atoms with Gasteiger partial charge in [0.2, 0.25) is 41.4 Å². The van der Waals surface area contributed by atoms with Crippen molar-refractivity contribution in [1.29, 1.82) is 0 Å². The SMILES string of the molecule is C#CCC1C=C(C(O)C2NC(=O)C(C(C)C=C(C)C)NC(=O)C(CC(C)C)N(C)C(=O)C(C(C)C)NC(=O)C(C(OC)c3ccccc3)NC(=O)C(C)NC(=O)C(CC(C)CO)N(C)C2=O)c2ccccc21. The standard InChI is InChI=1S/C55H77N7O10/c1-14-20-37-28-40(39-24-19-18-23-38(37)39)47(64)45-55(71)62(12)42(27-33(8)29-63)50(66)56-35(10)49(65)60-46(48(72-13)36-21-16-15-17-22-36)53(69)57-43(32(6)7)54(70)61(11)41(26-31(4)5)51(67)58-44(52(68)59-45)34(9)25-30(2)3/h1,15-19,21-25,28,31-35,37,41-48,63-64H,20,26-27,29H2,2-13H3,(H,56,66)(H,57,69)(H,58,67)(H,59,68)(H,60,65). The third-order valence-electron chi connectivity index (χ3n) is 13.4. The number of carbonyl (C=O) groups excluding carboxylic acids is 7. The summed E-state index contributed by atoms with van der Waals surface area (Å²) in [5.74, 6) is -5.17. The molecule has 2 aromatic carbocycles. The quantitative estimate of drug-likeness (QED) is 0.108. The Morgan fingerprint density at radius 2 is 1.25 bits per heavy atom. The van der Waals surface area contributed by atoms with Crippen LogP contribution in [0.3, 0.4) is 0 Å². The number of rotatable bonds is 14. The van der Waals surface area contributed by atoms with Crippen molar-refractivity contribution in [1.82, 2.24) is 36.4 Å². The number of hydrogen-bond donors (Lipinski definition) is 7. The van der Waals surface area contributed by atoms with Crippen LogP contribution >= 0.6 is 0 Å². The minimum absolute atomic E-state index is 0.123. The number of terminal acetylenes is 1. The van der Waals surface area contributed by atoms with E-state index in [1.807, 2.05) is 39.8 Å². The van der Waals surface area contributed by atoms with E-state index in [-0.39, 0.29) is 37.7 Å². The molecule has 1 heterocycles. The first-order valence-electron chi connectivity index (χ1n) is 24.8. The van der Waals surface area contributed by atoms with Gasteiger partial charge in [0.1, 0.15) is 54.5 Å². The second-order valence-electron chi connectivity index (χ2n) is 20.3. The van der Waals surface area contributed by atoms with Gasteiger partial charge < -0.3 is 51.3 Å². The lowest BCUT2D eigenvalue weighted by atomic mass is 9.92. The minimum Gasteiger partial charge on any atom is -0.396 e. The zero-order chi connectivity index (χ0) is 53.7. The fraction of sp³-hybridized carbons (Fsp3) is 0.545. The molecule has 1 aliphatic carbocycles. The van der Waals surface area contributed by atoms with E-state index in [2.05, 4.69) is 32.5 Å². The van der Waals surface area contributed by atoms with Crippen LogP contribution in [0.25, 0.3) is 5.57 Å². The van der Waals surface area contributed by atoms with E-state index in [1.165, 1.54) is 33.0 Å². The summed E-state index contributed by atoms with van der Waals surface area (Å²) in [6.45, 7) is 15.2. The van der Waals surface area contributed by atoms with Crippen molar-refractivity contribution < 1.29 is 48.5 Å². The first kappa shape index (κ1) is 58.2. The van der Waals surface area contributed by atoms with Crippen molar-refractivity contribution in [3.05, 3.63) is 89.0 Å². The van der Waals surface area contributed by atoms with Crippen LogP contribution in [0.5, 0.6) is 0 Å². The number of hydrogen-bond acceptors (Lipinski definition) is 10. The largest absolute Gasteiger partial charge is 0.396 e. The number of allylic oxidation sites excluding steroid dienone is 2. The Bertz CT molecular complexity index is 2360. The molecule has 1 fully saturated rings. The highest BCUT2D eigenvalue weighted by Gasteiger charge is 2.44. The number of fused-ring (bicyclic) bond motifs is 1. The van der Waals surface area contributed by atoms with Crippen LogP contribution in [0.4, 0.5) is 0 Å². The summed E-state index contributed by atoms with van der Waals surface area (Å²) in [7, 11) is 4.13. The maximum Gasteiger partial charge on any atom is 0.248 e. The average Bonchev–Trinajstić information content (AvgIpc) is 3.71. The van der Waals surface area contributed by atoms with Gasteiger partial charge in [-0.2, -0.15) is 0 Å². The van der Waals surface area contributed by atoms with Crippen molar-refractivity contribution in [2.75, 3.05) is 27.8 Å². The van der Waals surface area contributed by atoms with Crippen molar-refractivity contribution >= 4 is 46.9 Å². The number of ether oxygens (including phenoxy) is 1.